The van der Waals surface area contributed by atoms with Gasteiger partial charge in [0.15, 0.2) is 5.17 Å². The van der Waals surface area contributed by atoms with Crippen molar-refractivity contribution in [2.75, 3.05) is 12.4 Å². The number of amides is 2. The number of benzene rings is 3. The molecule has 3 aromatic carbocycles. The average molecular weight is 513 g/mol. The number of hydrogen-bond donors (Lipinski definition) is 1. The van der Waals surface area contributed by atoms with E-state index in [0.29, 0.717) is 11.6 Å². The fourth-order valence-corrected chi connectivity index (χ4v) is 5.57. The summed E-state index contributed by atoms with van der Waals surface area (Å²) in [5.74, 6) is 0.260. The van der Waals surface area contributed by atoms with Crippen molar-refractivity contribution in [1.82, 2.24) is 5.01 Å². The largest absolute Gasteiger partial charge is 0.497 e. The monoisotopic (exact) mass is 512 g/mol. The summed E-state index contributed by atoms with van der Waals surface area (Å²) >= 11 is 1.30. The van der Waals surface area contributed by atoms with E-state index in [0.717, 1.165) is 39.4 Å². The number of hydrazone groups is 1. The van der Waals surface area contributed by atoms with Crippen molar-refractivity contribution in [2.45, 2.75) is 38.0 Å². The zero-order valence-corrected chi connectivity index (χ0v) is 21.8. The number of amidine groups is 1. The van der Waals surface area contributed by atoms with Crippen molar-refractivity contribution in [3.05, 3.63) is 95.1 Å². The summed E-state index contributed by atoms with van der Waals surface area (Å²) in [4.78, 5) is 29.9. The second-order valence-electron chi connectivity index (χ2n) is 9.16. The van der Waals surface area contributed by atoms with E-state index in [1.165, 1.54) is 11.8 Å². The molecule has 0 bridgehead atoms. The molecule has 8 heteroatoms. The van der Waals surface area contributed by atoms with Gasteiger partial charge < -0.3 is 10.1 Å². The number of carbonyl (C=O) groups excluding carboxylic acids is 2. The summed E-state index contributed by atoms with van der Waals surface area (Å²) in [7, 11) is 1.64. The van der Waals surface area contributed by atoms with Gasteiger partial charge in [-0.05, 0) is 60.9 Å². The Kier molecular flexibility index (Phi) is 7.10. The molecule has 188 valence electrons. The Labute approximate surface area is 220 Å². The van der Waals surface area contributed by atoms with Crippen LogP contribution in [-0.4, -0.2) is 40.1 Å². The molecule has 2 atom stereocenters. The fraction of sp³-hybridized carbons (Fsp3) is 0.241. The minimum absolute atomic E-state index is 0.0444. The van der Waals surface area contributed by atoms with Crippen molar-refractivity contribution >= 4 is 40.1 Å². The van der Waals surface area contributed by atoms with Crippen molar-refractivity contribution in [3.63, 3.8) is 0 Å². The Hall–Kier alpha value is -3.91. The van der Waals surface area contributed by atoms with E-state index in [2.05, 4.69) is 22.4 Å². The minimum atomic E-state index is -0.586. The molecule has 0 aliphatic carbocycles. The molecule has 2 amide bonds. The summed E-state index contributed by atoms with van der Waals surface area (Å²) in [6, 6.07) is 23.6. The van der Waals surface area contributed by atoms with Crippen LogP contribution in [-0.2, 0) is 9.59 Å². The van der Waals surface area contributed by atoms with E-state index in [1.807, 2.05) is 79.5 Å². The molecule has 0 aromatic heterocycles. The van der Waals surface area contributed by atoms with E-state index in [9.17, 15) is 9.59 Å². The van der Waals surface area contributed by atoms with E-state index < -0.39 is 5.25 Å². The van der Waals surface area contributed by atoms with Crippen LogP contribution in [0.4, 0.5) is 5.69 Å². The second kappa shape index (κ2) is 10.6. The maximum atomic E-state index is 12.8. The lowest BCUT2D eigenvalue weighted by molar-refractivity contribution is -0.121. The van der Waals surface area contributed by atoms with Gasteiger partial charge in [-0.2, -0.15) is 10.1 Å². The van der Waals surface area contributed by atoms with Gasteiger partial charge in [0.05, 0.1) is 18.9 Å². The first-order valence-electron chi connectivity index (χ1n) is 12.1. The summed E-state index contributed by atoms with van der Waals surface area (Å²) in [5.41, 5.74) is 5.85. The van der Waals surface area contributed by atoms with Gasteiger partial charge in [-0.15, -0.1) is 0 Å². The molecule has 0 spiro atoms. The number of nitrogens with one attached hydrogen (secondary N) is 1. The van der Waals surface area contributed by atoms with Gasteiger partial charge >= 0.3 is 0 Å². The molecule has 0 fully saturated rings. The Balaban J connectivity index is 1.34. The van der Waals surface area contributed by atoms with Gasteiger partial charge in [-0.1, -0.05) is 59.8 Å². The van der Waals surface area contributed by atoms with Crippen molar-refractivity contribution in [2.24, 2.45) is 10.1 Å². The molecule has 37 heavy (non-hydrogen) atoms. The first kappa shape index (κ1) is 24.8. The number of ether oxygens (including phenoxy) is 1. The van der Waals surface area contributed by atoms with Crippen molar-refractivity contribution in [1.29, 1.82) is 0 Å². The van der Waals surface area contributed by atoms with Gasteiger partial charge in [-0.3, -0.25) is 9.59 Å². The lowest BCUT2D eigenvalue weighted by Crippen LogP contribution is -2.25. The van der Waals surface area contributed by atoms with E-state index in [-0.39, 0.29) is 24.3 Å². The zero-order valence-electron chi connectivity index (χ0n) is 21.0. The summed E-state index contributed by atoms with van der Waals surface area (Å²) in [6.45, 7) is 3.96. The van der Waals surface area contributed by atoms with E-state index >= 15 is 0 Å². The lowest BCUT2D eigenvalue weighted by Gasteiger charge is -2.23. The summed E-state index contributed by atoms with van der Waals surface area (Å²) in [6.07, 6.45) is 0.713. The van der Waals surface area contributed by atoms with E-state index in [1.54, 1.807) is 7.11 Å². The molecule has 5 rings (SSSR count). The molecule has 0 saturated heterocycles. The van der Waals surface area contributed by atoms with E-state index in [4.69, 9.17) is 9.84 Å². The quantitative estimate of drug-likeness (QED) is 0.472. The molecule has 2 aliphatic rings. The predicted molar refractivity (Wildman–Crippen MR) is 148 cm³/mol. The van der Waals surface area contributed by atoms with Crippen LogP contribution in [0, 0.1) is 13.8 Å². The highest BCUT2D eigenvalue weighted by Crippen LogP contribution is 2.38. The molecule has 2 aliphatic heterocycles. The number of carbonyl (C=O) groups is 2. The molecule has 0 radical (unpaired) electrons. The molecular weight excluding hydrogens is 484 g/mol. The average Bonchev–Trinajstić information content (AvgIpc) is 3.50. The number of aliphatic imine (C=N–C) groups is 1. The van der Waals surface area contributed by atoms with Crippen LogP contribution in [0.25, 0.3) is 0 Å². The number of hydrogen-bond acceptors (Lipinski definition) is 6. The highest BCUT2D eigenvalue weighted by atomic mass is 32.2. The van der Waals surface area contributed by atoms with Crippen LogP contribution in [0.15, 0.2) is 82.9 Å². The van der Waals surface area contributed by atoms with Crippen LogP contribution in [0.1, 0.15) is 41.1 Å². The van der Waals surface area contributed by atoms with Crippen LogP contribution >= 0.6 is 11.8 Å². The first-order valence-corrected chi connectivity index (χ1v) is 13.0. The number of rotatable bonds is 6. The number of methoxy groups -OCH3 is 1. The standard InChI is InChI=1S/C29H28N4O3S/c1-18-9-14-23(19(2)15-18)30-27(34)17-26-28(35)31-29(37-26)33-25(21-7-5-4-6-8-21)16-24(32-33)20-10-12-22(36-3)13-11-20/h4-15,25-26H,16-17H2,1-3H3,(H,30,34)/t25-,26-/m1/s1. The predicted octanol–water partition coefficient (Wildman–Crippen LogP) is 5.49. The van der Waals surface area contributed by atoms with Crippen molar-refractivity contribution < 1.29 is 14.3 Å². The van der Waals surface area contributed by atoms with Gasteiger partial charge in [0.2, 0.25) is 5.91 Å². The lowest BCUT2D eigenvalue weighted by atomic mass is 9.98. The molecule has 2 heterocycles. The van der Waals surface area contributed by atoms with Gasteiger partial charge in [-0.25, -0.2) is 5.01 Å². The molecular formula is C29H28N4O3S. The summed E-state index contributed by atoms with van der Waals surface area (Å²) in [5, 5.41) is 9.60. The Morgan fingerprint density at radius 1 is 1.08 bits per heavy atom. The van der Waals surface area contributed by atoms with Gasteiger partial charge in [0.25, 0.3) is 5.91 Å². The Bertz CT molecular complexity index is 1390. The normalized spacial score (nSPS) is 19.0. The first-order chi connectivity index (χ1) is 17.9. The molecule has 7 nitrogen and oxygen atoms in total. The maximum Gasteiger partial charge on any atom is 0.262 e. The molecule has 1 N–H and O–H groups in total. The third kappa shape index (κ3) is 5.44. The maximum absolute atomic E-state index is 12.8. The molecule has 0 unspecified atom stereocenters. The Morgan fingerprint density at radius 3 is 2.54 bits per heavy atom. The fourth-order valence-electron chi connectivity index (χ4n) is 4.51. The number of nitrogens with zero attached hydrogens (tertiary/aromatic N) is 3. The highest BCUT2D eigenvalue weighted by Gasteiger charge is 2.39. The number of aryl methyl sites for hydroxylation is 2. The molecule has 0 saturated carbocycles. The SMILES string of the molecule is COc1ccc(C2=NN(C3=NC(=O)[C@@H](CC(=O)Nc4ccc(C)cc4C)S3)[C@@H](c3ccccc3)C2)cc1. The second-order valence-corrected chi connectivity index (χ2v) is 10.3. The summed E-state index contributed by atoms with van der Waals surface area (Å²) < 4.78 is 5.29. The van der Waals surface area contributed by atoms with Crippen LogP contribution in [0.2, 0.25) is 0 Å². The topological polar surface area (TPSA) is 83.4 Å². The Morgan fingerprint density at radius 2 is 1.84 bits per heavy atom. The van der Waals surface area contributed by atoms with Crippen LogP contribution in [0.5, 0.6) is 5.75 Å². The zero-order chi connectivity index (χ0) is 25.9. The smallest absolute Gasteiger partial charge is 0.262 e. The highest BCUT2D eigenvalue weighted by molar-refractivity contribution is 8.15. The van der Waals surface area contributed by atoms with Gasteiger partial charge in [0.1, 0.15) is 11.0 Å². The minimum Gasteiger partial charge on any atom is -0.497 e. The molecule has 3 aromatic rings. The third-order valence-electron chi connectivity index (χ3n) is 6.47. The van der Waals surface area contributed by atoms with Crippen LogP contribution < -0.4 is 10.1 Å². The number of thioether (sulfide) groups is 1. The van der Waals surface area contributed by atoms with Crippen molar-refractivity contribution in [3.8, 4) is 5.75 Å². The number of anilines is 1. The third-order valence-corrected chi connectivity index (χ3v) is 7.61. The van der Waals surface area contributed by atoms with Crippen LogP contribution in [0.3, 0.4) is 0 Å². The van der Waals surface area contributed by atoms with Gasteiger partial charge in [0, 0.05) is 18.5 Å².